The van der Waals surface area contributed by atoms with Gasteiger partial charge in [0.25, 0.3) is 11.8 Å². The lowest BCUT2D eigenvalue weighted by Crippen LogP contribution is -2.34. The molecular formula is C24H27N5O2. The van der Waals surface area contributed by atoms with E-state index in [1.54, 1.807) is 30.7 Å². The highest BCUT2D eigenvalue weighted by Gasteiger charge is 2.25. The number of nitrogens with zero attached hydrogens (tertiary/aromatic N) is 3. The molecule has 2 N–H and O–H groups in total. The second-order valence-electron chi connectivity index (χ2n) is 8.06. The molecule has 0 fully saturated rings. The van der Waals surface area contributed by atoms with Crippen molar-refractivity contribution >= 4 is 11.8 Å². The summed E-state index contributed by atoms with van der Waals surface area (Å²) < 4.78 is 1.91. The van der Waals surface area contributed by atoms with E-state index in [9.17, 15) is 9.59 Å². The SMILES string of the molecule is C[C@@H](CNC(=O)c1cnn2c1C[C@H](CNC(=O)c1cccnc1)CC2)c1ccccc1. The van der Waals surface area contributed by atoms with E-state index in [0.717, 1.165) is 18.7 Å². The predicted octanol–water partition coefficient (Wildman–Crippen LogP) is 2.80. The molecule has 4 rings (SSSR count). The Kier molecular flexibility index (Phi) is 6.40. The van der Waals surface area contributed by atoms with Crippen LogP contribution in [0.2, 0.25) is 0 Å². The molecule has 0 saturated carbocycles. The van der Waals surface area contributed by atoms with Crippen LogP contribution in [0.25, 0.3) is 0 Å². The fourth-order valence-corrected chi connectivity index (χ4v) is 3.94. The molecule has 1 aliphatic rings. The van der Waals surface area contributed by atoms with E-state index in [1.165, 1.54) is 5.56 Å². The summed E-state index contributed by atoms with van der Waals surface area (Å²) in [5.74, 6) is 0.274. The van der Waals surface area contributed by atoms with Crippen molar-refractivity contribution in [3.05, 3.63) is 83.4 Å². The maximum absolute atomic E-state index is 12.8. The molecule has 3 aromatic rings. The normalized spacial score (nSPS) is 16.2. The molecule has 0 unspecified atom stereocenters. The number of amides is 2. The molecule has 7 nitrogen and oxygen atoms in total. The number of carbonyl (C=O) groups excluding carboxylic acids is 2. The van der Waals surface area contributed by atoms with Gasteiger partial charge in [0.2, 0.25) is 0 Å². The van der Waals surface area contributed by atoms with Crippen LogP contribution in [0.15, 0.2) is 61.1 Å². The van der Waals surface area contributed by atoms with Gasteiger partial charge in [-0.3, -0.25) is 19.3 Å². The molecule has 1 aliphatic heterocycles. The summed E-state index contributed by atoms with van der Waals surface area (Å²) in [6.45, 7) is 3.98. The molecule has 0 aliphatic carbocycles. The second-order valence-corrected chi connectivity index (χ2v) is 8.06. The summed E-state index contributed by atoms with van der Waals surface area (Å²) in [5.41, 5.74) is 3.32. The van der Waals surface area contributed by atoms with E-state index in [2.05, 4.69) is 39.8 Å². The van der Waals surface area contributed by atoms with Crippen LogP contribution >= 0.6 is 0 Å². The van der Waals surface area contributed by atoms with Crippen molar-refractivity contribution < 1.29 is 9.59 Å². The topological polar surface area (TPSA) is 88.9 Å². The van der Waals surface area contributed by atoms with Crippen molar-refractivity contribution in [2.75, 3.05) is 13.1 Å². The molecule has 2 atom stereocenters. The number of hydrogen-bond donors (Lipinski definition) is 2. The molecule has 0 spiro atoms. The van der Waals surface area contributed by atoms with Gasteiger partial charge in [-0.15, -0.1) is 0 Å². The van der Waals surface area contributed by atoms with Gasteiger partial charge in [0.05, 0.1) is 23.0 Å². The zero-order chi connectivity index (χ0) is 21.6. The Bertz CT molecular complexity index is 1030. The third-order valence-electron chi connectivity index (χ3n) is 5.84. The smallest absolute Gasteiger partial charge is 0.254 e. The fourth-order valence-electron chi connectivity index (χ4n) is 3.94. The predicted molar refractivity (Wildman–Crippen MR) is 118 cm³/mol. The average molecular weight is 418 g/mol. The number of hydrogen-bond acceptors (Lipinski definition) is 4. The highest BCUT2D eigenvalue weighted by Crippen LogP contribution is 2.23. The first-order valence-corrected chi connectivity index (χ1v) is 10.7. The average Bonchev–Trinajstić information content (AvgIpc) is 3.25. The van der Waals surface area contributed by atoms with Crippen LogP contribution in [0, 0.1) is 5.92 Å². The van der Waals surface area contributed by atoms with E-state index < -0.39 is 0 Å². The lowest BCUT2D eigenvalue weighted by Gasteiger charge is -2.24. The monoisotopic (exact) mass is 417 g/mol. The van der Waals surface area contributed by atoms with E-state index in [1.807, 2.05) is 22.9 Å². The second kappa shape index (κ2) is 9.55. The molecular weight excluding hydrogens is 390 g/mol. The Morgan fingerprint density at radius 2 is 1.94 bits per heavy atom. The van der Waals surface area contributed by atoms with Crippen LogP contribution in [-0.4, -0.2) is 39.7 Å². The standard InChI is InChI=1S/C24H27N5O2/c1-17(19-6-3-2-4-7-19)13-26-24(31)21-16-28-29-11-9-18(12-22(21)29)14-27-23(30)20-8-5-10-25-15-20/h2-8,10,15-18H,9,11-14H2,1H3,(H,26,31)(H,27,30)/t17-,18+/m0/s1. The van der Waals surface area contributed by atoms with Crippen molar-refractivity contribution in [2.24, 2.45) is 5.92 Å². The number of pyridine rings is 1. The number of aromatic nitrogens is 3. The lowest BCUT2D eigenvalue weighted by molar-refractivity contribution is 0.0934. The summed E-state index contributed by atoms with van der Waals surface area (Å²) >= 11 is 0. The van der Waals surface area contributed by atoms with E-state index in [-0.39, 0.29) is 23.7 Å². The van der Waals surface area contributed by atoms with Gasteiger partial charge in [-0.25, -0.2) is 0 Å². The lowest BCUT2D eigenvalue weighted by atomic mass is 9.94. The van der Waals surface area contributed by atoms with Crippen molar-refractivity contribution in [2.45, 2.75) is 32.2 Å². The van der Waals surface area contributed by atoms with Gasteiger partial charge in [-0.2, -0.15) is 5.10 Å². The zero-order valence-corrected chi connectivity index (χ0v) is 17.6. The van der Waals surface area contributed by atoms with Crippen LogP contribution in [-0.2, 0) is 13.0 Å². The quantitative estimate of drug-likeness (QED) is 0.619. The van der Waals surface area contributed by atoms with Gasteiger partial charge >= 0.3 is 0 Å². The molecule has 7 heteroatoms. The van der Waals surface area contributed by atoms with Gasteiger partial charge in [0, 0.05) is 32.0 Å². The van der Waals surface area contributed by atoms with Gasteiger partial charge in [-0.1, -0.05) is 37.3 Å². The highest BCUT2D eigenvalue weighted by molar-refractivity contribution is 5.95. The largest absolute Gasteiger partial charge is 0.352 e. The molecule has 2 aromatic heterocycles. The first-order chi connectivity index (χ1) is 15.1. The van der Waals surface area contributed by atoms with Crippen LogP contribution in [0.4, 0.5) is 0 Å². The van der Waals surface area contributed by atoms with E-state index >= 15 is 0 Å². The molecule has 1 aromatic carbocycles. The van der Waals surface area contributed by atoms with Gasteiger partial charge in [0.15, 0.2) is 0 Å². The Hall–Kier alpha value is -3.48. The molecule has 160 valence electrons. The Morgan fingerprint density at radius 3 is 2.71 bits per heavy atom. The molecule has 31 heavy (non-hydrogen) atoms. The maximum atomic E-state index is 12.8. The Morgan fingerprint density at radius 1 is 1.10 bits per heavy atom. The minimum Gasteiger partial charge on any atom is -0.352 e. The summed E-state index contributed by atoms with van der Waals surface area (Å²) in [6.07, 6.45) is 6.49. The Balaban J connectivity index is 1.34. The third kappa shape index (κ3) is 4.99. The van der Waals surface area contributed by atoms with Crippen molar-refractivity contribution in [3.63, 3.8) is 0 Å². The van der Waals surface area contributed by atoms with Crippen molar-refractivity contribution in [1.82, 2.24) is 25.4 Å². The third-order valence-corrected chi connectivity index (χ3v) is 5.84. The van der Waals surface area contributed by atoms with Crippen molar-refractivity contribution in [3.8, 4) is 0 Å². The molecule has 3 heterocycles. The summed E-state index contributed by atoms with van der Waals surface area (Å²) in [5, 5.41) is 10.4. The first kappa shape index (κ1) is 20.8. The number of fused-ring (bicyclic) bond motifs is 1. The summed E-state index contributed by atoms with van der Waals surface area (Å²) in [4.78, 5) is 29.1. The zero-order valence-electron chi connectivity index (χ0n) is 17.6. The molecule has 2 amide bonds. The highest BCUT2D eigenvalue weighted by atomic mass is 16.2. The number of nitrogens with one attached hydrogen (secondary N) is 2. The van der Waals surface area contributed by atoms with Gasteiger partial charge < -0.3 is 10.6 Å². The summed E-state index contributed by atoms with van der Waals surface area (Å²) in [7, 11) is 0. The maximum Gasteiger partial charge on any atom is 0.254 e. The number of benzene rings is 1. The first-order valence-electron chi connectivity index (χ1n) is 10.7. The fraction of sp³-hybridized carbons (Fsp3) is 0.333. The van der Waals surface area contributed by atoms with Crippen molar-refractivity contribution in [1.29, 1.82) is 0 Å². The van der Waals surface area contributed by atoms with E-state index in [4.69, 9.17) is 0 Å². The Labute approximate surface area is 181 Å². The number of aryl methyl sites for hydroxylation is 1. The molecule has 0 saturated heterocycles. The van der Waals surface area contributed by atoms with Crippen LogP contribution in [0.1, 0.15) is 51.2 Å². The van der Waals surface area contributed by atoms with Gasteiger partial charge in [0.1, 0.15) is 0 Å². The molecule has 0 bridgehead atoms. The molecule has 0 radical (unpaired) electrons. The van der Waals surface area contributed by atoms with Crippen LogP contribution < -0.4 is 10.6 Å². The number of rotatable bonds is 7. The number of carbonyl (C=O) groups is 2. The summed E-state index contributed by atoms with van der Waals surface area (Å²) in [6, 6.07) is 13.6. The van der Waals surface area contributed by atoms with Crippen LogP contribution in [0.3, 0.4) is 0 Å². The van der Waals surface area contributed by atoms with E-state index in [0.29, 0.717) is 30.6 Å². The van der Waals surface area contributed by atoms with Crippen LogP contribution in [0.5, 0.6) is 0 Å². The van der Waals surface area contributed by atoms with Gasteiger partial charge in [-0.05, 0) is 42.4 Å². The minimum atomic E-state index is -0.125. The minimum absolute atomic E-state index is 0.0934.